The van der Waals surface area contributed by atoms with E-state index in [-0.39, 0.29) is 5.54 Å². The predicted octanol–water partition coefficient (Wildman–Crippen LogP) is 3.30. The van der Waals surface area contributed by atoms with Gasteiger partial charge < -0.3 is 4.57 Å². The maximum atomic E-state index is 2.67. The summed E-state index contributed by atoms with van der Waals surface area (Å²) in [5.74, 6) is 0. The van der Waals surface area contributed by atoms with Gasteiger partial charge in [0.25, 0.3) is 0 Å². The second-order valence-corrected chi connectivity index (χ2v) is 8.07. The molecule has 1 aliphatic carbocycles. The maximum Gasteiger partial charge on any atom is 0.134 e. The first-order valence-electron chi connectivity index (χ1n) is 5.49. The molecule has 0 unspecified atom stereocenters. The van der Waals surface area contributed by atoms with Crippen molar-refractivity contribution < 1.29 is 0 Å². The van der Waals surface area contributed by atoms with Crippen molar-refractivity contribution in [2.45, 2.75) is 52.7 Å². The molecule has 0 saturated heterocycles. The van der Waals surface area contributed by atoms with Gasteiger partial charge >= 0.3 is 0 Å². The number of allylic oxidation sites excluding steroid dienone is 3. The van der Waals surface area contributed by atoms with E-state index in [1.54, 1.807) is 5.70 Å². The Morgan fingerprint density at radius 3 is 2.14 bits per heavy atom. The Balaban J connectivity index is 2.97. The zero-order chi connectivity index (χ0) is 10.9. The van der Waals surface area contributed by atoms with Crippen molar-refractivity contribution in [1.29, 1.82) is 0 Å². The number of rotatable bonds is 2. The first kappa shape index (κ1) is 11.6. The number of hydrogen-bond acceptors (Lipinski definition) is 1. The smallest absolute Gasteiger partial charge is 0.134 e. The predicted molar refractivity (Wildman–Crippen MR) is 66.9 cm³/mol. The van der Waals surface area contributed by atoms with E-state index in [1.807, 2.05) is 0 Å². The Labute approximate surface area is 90.2 Å². The van der Waals surface area contributed by atoms with E-state index in [9.17, 15) is 0 Å². The van der Waals surface area contributed by atoms with Gasteiger partial charge in [-0.3, -0.25) is 0 Å². The van der Waals surface area contributed by atoms with Gasteiger partial charge in [-0.05, 0) is 33.3 Å². The summed E-state index contributed by atoms with van der Waals surface area (Å²) < 4.78 is 2.67. The molecule has 1 rings (SSSR count). The van der Waals surface area contributed by atoms with E-state index < -0.39 is 8.96 Å². The van der Waals surface area contributed by atoms with Crippen LogP contribution in [0, 0.1) is 0 Å². The molecular formula is C12H23NSi. The Kier molecular flexibility index (Phi) is 3.25. The second-order valence-electron chi connectivity index (χ2n) is 5.37. The van der Waals surface area contributed by atoms with Crippen LogP contribution in [-0.4, -0.2) is 19.1 Å². The molecule has 0 aromatic carbocycles. The summed E-state index contributed by atoms with van der Waals surface area (Å²) >= 11 is 0. The van der Waals surface area contributed by atoms with E-state index in [2.05, 4.69) is 57.5 Å². The standard InChI is InChI=1S/C12H23NSi/c1-10-8-7-9-11(10)13(14(5)6)12(2,3)4/h7-8,14H,9H2,1-6H3. The lowest BCUT2D eigenvalue weighted by Gasteiger charge is -2.42. The summed E-state index contributed by atoms with van der Waals surface area (Å²) in [5, 5.41) is 0. The average Bonchev–Trinajstić information content (AvgIpc) is 2.32. The highest BCUT2D eigenvalue weighted by molar-refractivity contribution is 6.53. The van der Waals surface area contributed by atoms with Crippen molar-refractivity contribution in [2.24, 2.45) is 0 Å². The van der Waals surface area contributed by atoms with Crippen molar-refractivity contribution in [3.63, 3.8) is 0 Å². The number of hydrogen-bond donors (Lipinski definition) is 0. The molecule has 0 heterocycles. The topological polar surface area (TPSA) is 3.24 Å². The van der Waals surface area contributed by atoms with Gasteiger partial charge in [-0.2, -0.15) is 0 Å². The van der Waals surface area contributed by atoms with Crippen LogP contribution >= 0.6 is 0 Å². The zero-order valence-electron chi connectivity index (χ0n) is 10.4. The van der Waals surface area contributed by atoms with Crippen LogP contribution in [0.15, 0.2) is 23.4 Å². The SMILES string of the molecule is CC1=C(N([SiH](C)C)C(C)(C)C)CC=C1. The Hall–Kier alpha value is -0.503. The molecule has 1 aliphatic rings. The van der Waals surface area contributed by atoms with Crippen LogP contribution in [0.2, 0.25) is 13.1 Å². The van der Waals surface area contributed by atoms with E-state index >= 15 is 0 Å². The quantitative estimate of drug-likeness (QED) is 0.631. The molecule has 0 bridgehead atoms. The van der Waals surface area contributed by atoms with E-state index in [0.29, 0.717) is 0 Å². The zero-order valence-corrected chi connectivity index (χ0v) is 11.5. The first-order chi connectivity index (χ1) is 6.34. The van der Waals surface area contributed by atoms with Crippen LogP contribution < -0.4 is 0 Å². The minimum absolute atomic E-state index is 0.281. The largest absolute Gasteiger partial charge is 0.399 e. The third-order valence-corrected chi connectivity index (χ3v) is 4.78. The van der Waals surface area contributed by atoms with Gasteiger partial charge in [-0.1, -0.05) is 25.2 Å². The fraction of sp³-hybridized carbons (Fsp3) is 0.667. The fourth-order valence-corrected chi connectivity index (χ4v) is 4.87. The van der Waals surface area contributed by atoms with Crippen molar-refractivity contribution in [3.8, 4) is 0 Å². The Morgan fingerprint density at radius 2 is 1.86 bits per heavy atom. The van der Waals surface area contributed by atoms with E-state index in [0.717, 1.165) is 6.42 Å². The molecule has 0 aliphatic heterocycles. The number of nitrogens with zero attached hydrogens (tertiary/aromatic N) is 1. The second kappa shape index (κ2) is 3.93. The van der Waals surface area contributed by atoms with Gasteiger partial charge in [-0.25, -0.2) is 0 Å². The van der Waals surface area contributed by atoms with Crippen LogP contribution in [0.4, 0.5) is 0 Å². The molecule has 14 heavy (non-hydrogen) atoms. The van der Waals surface area contributed by atoms with Gasteiger partial charge in [0.1, 0.15) is 8.96 Å². The van der Waals surface area contributed by atoms with Crippen LogP contribution in [0.5, 0.6) is 0 Å². The molecule has 1 nitrogen and oxygen atoms in total. The lowest BCUT2D eigenvalue weighted by atomic mass is 10.1. The van der Waals surface area contributed by atoms with Gasteiger partial charge in [0.2, 0.25) is 0 Å². The third kappa shape index (κ3) is 2.29. The molecule has 0 aromatic rings. The minimum Gasteiger partial charge on any atom is -0.399 e. The van der Waals surface area contributed by atoms with Gasteiger partial charge in [0, 0.05) is 17.7 Å². The maximum absolute atomic E-state index is 2.67. The molecule has 0 aromatic heterocycles. The lowest BCUT2D eigenvalue weighted by Crippen LogP contribution is -2.47. The van der Waals surface area contributed by atoms with Crippen LogP contribution in [0.1, 0.15) is 34.1 Å². The van der Waals surface area contributed by atoms with E-state index in [1.165, 1.54) is 5.57 Å². The molecule has 0 saturated carbocycles. The van der Waals surface area contributed by atoms with Crippen molar-refractivity contribution in [2.75, 3.05) is 0 Å². The molecule has 0 fully saturated rings. The molecule has 0 atom stereocenters. The Bertz CT molecular complexity index is 269. The lowest BCUT2D eigenvalue weighted by molar-refractivity contribution is 0.297. The summed E-state index contributed by atoms with van der Waals surface area (Å²) in [6.45, 7) is 14.0. The molecule has 0 amide bonds. The molecule has 0 radical (unpaired) electrons. The fourth-order valence-electron chi connectivity index (χ4n) is 2.38. The van der Waals surface area contributed by atoms with Gasteiger partial charge in [0.15, 0.2) is 0 Å². The molecule has 80 valence electrons. The normalized spacial score (nSPS) is 17.1. The van der Waals surface area contributed by atoms with Crippen molar-refractivity contribution in [1.82, 2.24) is 4.57 Å². The third-order valence-electron chi connectivity index (χ3n) is 2.66. The average molecular weight is 209 g/mol. The van der Waals surface area contributed by atoms with Crippen molar-refractivity contribution in [3.05, 3.63) is 23.4 Å². The summed E-state index contributed by atoms with van der Waals surface area (Å²) in [6, 6.07) is 0. The highest BCUT2D eigenvalue weighted by Gasteiger charge is 2.27. The highest BCUT2D eigenvalue weighted by atomic mass is 28.3. The summed E-state index contributed by atoms with van der Waals surface area (Å²) in [4.78, 5) is 0. The molecule has 2 heteroatoms. The molecule has 0 N–H and O–H groups in total. The summed E-state index contributed by atoms with van der Waals surface area (Å²) in [5.41, 5.74) is 3.29. The van der Waals surface area contributed by atoms with Crippen LogP contribution in [0.25, 0.3) is 0 Å². The molecule has 0 spiro atoms. The Morgan fingerprint density at radius 1 is 1.29 bits per heavy atom. The minimum atomic E-state index is -0.767. The van der Waals surface area contributed by atoms with Crippen LogP contribution in [0.3, 0.4) is 0 Å². The van der Waals surface area contributed by atoms with Gasteiger partial charge in [0.05, 0.1) is 0 Å². The molecular weight excluding hydrogens is 186 g/mol. The summed E-state index contributed by atoms with van der Waals surface area (Å²) in [7, 11) is -0.767. The van der Waals surface area contributed by atoms with Gasteiger partial charge in [-0.15, -0.1) is 0 Å². The first-order valence-corrected chi connectivity index (χ1v) is 8.32. The monoisotopic (exact) mass is 209 g/mol. The van der Waals surface area contributed by atoms with Crippen LogP contribution in [-0.2, 0) is 0 Å². The summed E-state index contributed by atoms with van der Waals surface area (Å²) in [6.07, 6.45) is 5.67. The highest BCUT2D eigenvalue weighted by Crippen LogP contribution is 2.29. The van der Waals surface area contributed by atoms with Crippen molar-refractivity contribution >= 4 is 8.96 Å². The van der Waals surface area contributed by atoms with E-state index in [4.69, 9.17) is 0 Å².